The molecule has 0 fully saturated rings. The molecule has 0 amide bonds. The van der Waals surface area contributed by atoms with E-state index in [4.69, 9.17) is 9.26 Å². The SMILES string of the molecule is Cc1cc(-c2nn3c(COc4ccc(Br)cc4)nnc3s2)no1. The van der Waals surface area contributed by atoms with Gasteiger partial charge < -0.3 is 9.26 Å². The van der Waals surface area contributed by atoms with Gasteiger partial charge in [0.2, 0.25) is 4.96 Å². The summed E-state index contributed by atoms with van der Waals surface area (Å²) in [4.78, 5) is 0.690. The normalized spacial score (nSPS) is 11.2. The van der Waals surface area contributed by atoms with Crippen LogP contribution in [0.25, 0.3) is 15.7 Å². The third kappa shape index (κ3) is 2.84. The van der Waals surface area contributed by atoms with Gasteiger partial charge in [-0.05, 0) is 31.2 Å². The summed E-state index contributed by atoms with van der Waals surface area (Å²) in [6, 6.07) is 9.44. The summed E-state index contributed by atoms with van der Waals surface area (Å²) >= 11 is 4.79. The Bertz CT molecular complexity index is 959. The highest BCUT2D eigenvalue weighted by atomic mass is 79.9. The third-order valence-corrected chi connectivity index (χ3v) is 4.53. The molecule has 0 N–H and O–H groups in total. The summed E-state index contributed by atoms with van der Waals surface area (Å²) in [7, 11) is 0. The molecule has 116 valence electrons. The number of hydrogen-bond acceptors (Lipinski definition) is 7. The molecule has 0 aliphatic carbocycles. The highest BCUT2D eigenvalue weighted by Crippen LogP contribution is 2.25. The first-order valence-electron chi connectivity index (χ1n) is 6.72. The van der Waals surface area contributed by atoms with Crippen LogP contribution in [0.3, 0.4) is 0 Å². The van der Waals surface area contributed by atoms with Crippen LogP contribution >= 0.6 is 27.3 Å². The van der Waals surface area contributed by atoms with Crippen molar-refractivity contribution >= 4 is 32.2 Å². The van der Waals surface area contributed by atoms with E-state index in [9.17, 15) is 0 Å². The maximum atomic E-state index is 5.72. The van der Waals surface area contributed by atoms with Crippen LogP contribution in [0.1, 0.15) is 11.6 Å². The summed E-state index contributed by atoms with van der Waals surface area (Å²) in [5, 5.41) is 17.4. The highest BCUT2D eigenvalue weighted by molar-refractivity contribution is 9.10. The topological polar surface area (TPSA) is 78.3 Å². The van der Waals surface area contributed by atoms with Crippen LogP contribution in [-0.2, 0) is 6.61 Å². The van der Waals surface area contributed by atoms with Gasteiger partial charge in [-0.2, -0.15) is 9.61 Å². The number of aryl methyl sites for hydroxylation is 1. The number of fused-ring (bicyclic) bond motifs is 1. The average Bonchev–Trinajstić information content (AvgIpc) is 3.22. The number of benzene rings is 1. The van der Waals surface area contributed by atoms with Crippen molar-refractivity contribution in [2.24, 2.45) is 0 Å². The maximum absolute atomic E-state index is 5.72. The molecule has 1 aromatic carbocycles. The van der Waals surface area contributed by atoms with Gasteiger partial charge in [-0.25, -0.2) is 0 Å². The van der Waals surface area contributed by atoms with Crippen molar-refractivity contribution < 1.29 is 9.26 Å². The molecule has 0 aliphatic rings. The Labute approximate surface area is 143 Å². The summed E-state index contributed by atoms with van der Waals surface area (Å²) in [5.41, 5.74) is 0.692. The molecule has 9 heteroatoms. The molecule has 0 radical (unpaired) electrons. The Morgan fingerprint density at radius 1 is 1.26 bits per heavy atom. The molecule has 0 atom stereocenters. The first-order valence-corrected chi connectivity index (χ1v) is 8.33. The number of ether oxygens (including phenoxy) is 1. The van der Waals surface area contributed by atoms with E-state index in [1.165, 1.54) is 11.3 Å². The quantitative estimate of drug-likeness (QED) is 0.529. The highest BCUT2D eigenvalue weighted by Gasteiger charge is 2.15. The maximum Gasteiger partial charge on any atom is 0.235 e. The third-order valence-electron chi connectivity index (χ3n) is 3.08. The van der Waals surface area contributed by atoms with Crippen molar-refractivity contribution in [3.8, 4) is 16.5 Å². The van der Waals surface area contributed by atoms with Gasteiger partial charge in [0.25, 0.3) is 0 Å². The standard InChI is InChI=1S/C14H10BrN5O2S/c1-8-6-11(19-22-8)13-18-20-12(16-17-14(20)23-13)7-21-10-4-2-9(15)3-5-10/h2-6H,7H2,1H3. The largest absolute Gasteiger partial charge is 0.486 e. The van der Waals surface area contributed by atoms with Crippen LogP contribution in [-0.4, -0.2) is 25.0 Å². The minimum Gasteiger partial charge on any atom is -0.486 e. The minimum absolute atomic E-state index is 0.282. The van der Waals surface area contributed by atoms with E-state index < -0.39 is 0 Å². The fraction of sp³-hybridized carbons (Fsp3) is 0.143. The molecule has 4 aromatic rings. The molecule has 3 aromatic heterocycles. The molecule has 0 saturated heterocycles. The van der Waals surface area contributed by atoms with Crippen molar-refractivity contribution in [3.63, 3.8) is 0 Å². The number of rotatable bonds is 4. The zero-order valence-corrected chi connectivity index (χ0v) is 14.3. The molecule has 0 spiro atoms. The van der Waals surface area contributed by atoms with Gasteiger partial charge in [-0.3, -0.25) is 0 Å². The average molecular weight is 392 g/mol. The Morgan fingerprint density at radius 3 is 2.83 bits per heavy atom. The van der Waals surface area contributed by atoms with Crippen LogP contribution in [0.4, 0.5) is 0 Å². The molecule has 0 aliphatic heterocycles. The van der Waals surface area contributed by atoms with Crippen molar-refractivity contribution in [2.45, 2.75) is 13.5 Å². The number of halogens is 1. The van der Waals surface area contributed by atoms with E-state index >= 15 is 0 Å². The first kappa shape index (κ1) is 14.3. The summed E-state index contributed by atoms with van der Waals surface area (Å²) in [6.45, 7) is 2.12. The van der Waals surface area contributed by atoms with Crippen LogP contribution < -0.4 is 4.74 Å². The van der Waals surface area contributed by atoms with Gasteiger partial charge in [0, 0.05) is 10.5 Å². The molecule has 0 bridgehead atoms. The van der Waals surface area contributed by atoms with E-state index in [1.54, 1.807) is 4.52 Å². The lowest BCUT2D eigenvalue weighted by Crippen LogP contribution is -2.02. The Balaban J connectivity index is 1.58. The molecule has 0 saturated carbocycles. The van der Waals surface area contributed by atoms with Gasteiger partial charge >= 0.3 is 0 Å². The van der Waals surface area contributed by atoms with Crippen molar-refractivity contribution in [3.05, 3.63) is 46.4 Å². The van der Waals surface area contributed by atoms with Crippen molar-refractivity contribution in [1.29, 1.82) is 0 Å². The van der Waals surface area contributed by atoms with Crippen molar-refractivity contribution in [2.75, 3.05) is 0 Å². The Kier molecular flexibility index (Phi) is 3.58. The van der Waals surface area contributed by atoms with E-state index in [1.807, 2.05) is 37.3 Å². The van der Waals surface area contributed by atoms with Gasteiger partial charge in [-0.15, -0.1) is 10.2 Å². The van der Waals surface area contributed by atoms with E-state index in [2.05, 4.69) is 36.4 Å². The smallest absolute Gasteiger partial charge is 0.235 e. The van der Waals surface area contributed by atoms with Gasteiger partial charge in [0.1, 0.15) is 23.8 Å². The van der Waals surface area contributed by atoms with E-state index in [0.29, 0.717) is 16.5 Å². The monoisotopic (exact) mass is 391 g/mol. The fourth-order valence-corrected chi connectivity index (χ4v) is 3.07. The lowest BCUT2D eigenvalue weighted by Gasteiger charge is -2.03. The second-order valence-electron chi connectivity index (χ2n) is 4.78. The van der Waals surface area contributed by atoms with Crippen LogP contribution in [0.5, 0.6) is 5.75 Å². The molecule has 23 heavy (non-hydrogen) atoms. The number of nitrogens with zero attached hydrogens (tertiary/aromatic N) is 5. The molecule has 0 unspecified atom stereocenters. The fourth-order valence-electron chi connectivity index (χ4n) is 2.00. The first-order chi connectivity index (χ1) is 11.2. The summed E-state index contributed by atoms with van der Waals surface area (Å²) < 4.78 is 13.5. The lowest BCUT2D eigenvalue weighted by molar-refractivity contribution is 0.293. The van der Waals surface area contributed by atoms with Gasteiger partial charge in [0.05, 0.1) is 0 Å². The summed E-state index contributed by atoms with van der Waals surface area (Å²) in [5.74, 6) is 2.13. The predicted molar refractivity (Wildman–Crippen MR) is 87.4 cm³/mol. The molecule has 7 nitrogen and oxygen atoms in total. The Morgan fingerprint density at radius 2 is 2.09 bits per heavy atom. The number of aromatic nitrogens is 5. The van der Waals surface area contributed by atoms with Crippen molar-refractivity contribution in [1.82, 2.24) is 25.0 Å². The zero-order chi connectivity index (χ0) is 15.8. The second kappa shape index (κ2) is 5.74. The zero-order valence-electron chi connectivity index (χ0n) is 11.9. The van der Waals surface area contributed by atoms with Crippen LogP contribution in [0.2, 0.25) is 0 Å². The predicted octanol–water partition coefficient (Wildman–Crippen LogP) is 3.49. The molecule has 3 heterocycles. The Hall–Kier alpha value is -2.26. The molecular weight excluding hydrogens is 382 g/mol. The molecular formula is C14H10BrN5O2S. The van der Waals surface area contributed by atoms with Crippen LogP contribution in [0.15, 0.2) is 39.3 Å². The minimum atomic E-state index is 0.282. The lowest BCUT2D eigenvalue weighted by atomic mass is 10.3. The van der Waals surface area contributed by atoms with E-state index in [0.717, 1.165) is 21.0 Å². The van der Waals surface area contributed by atoms with E-state index in [-0.39, 0.29) is 6.61 Å². The second-order valence-corrected chi connectivity index (χ2v) is 6.65. The molecule has 4 rings (SSSR count). The summed E-state index contributed by atoms with van der Waals surface area (Å²) in [6.07, 6.45) is 0. The van der Waals surface area contributed by atoms with Gasteiger partial charge in [-0.1, -0.05) is 32.4 Å². The number of hydrogen-bond donors (Lipinski definition) is 0. The van der Waals surface area contributed by atoms with Crippen LogP contribution in [0, 0.1) is 6.92 Å². The van der Waals surface area contributed by atoms with Gasteiger partial charge in [0.15, 0.2) is 10.8 Å².